The first-order valence-electron chi connectivity index (χ1n) is 9.45. The Morgan fingerprint density at radius 2 is 1.70 bits per heavy atom. The molecule has 1 heteroatoms. The van der Waals surface area contributed by atoms with E-state index in [2.05, 4.69) is 121 Å². The molecule has 1 atom stereocenters. The summed E-state index contributed by atoms with van der Waals surface area (Å²) in [6, 6.07) is 20.3. The van der Waals surface area contributed by atoms with Crippen molar-refractivity contribution >= 4 is 33.4 Å². The first-order chi connectivity index (χ1) is 13.1. The zero-order valence-corrected chi connectivity index (χ0v) is 17.7. The third kappa shape index (κ3) is 2.63. The molecule has 0 heterocycles. The lowest BCUT2D eigenvalue weighted by Gasteiger charge is -2.36. The van der Waals surface area contributed by atoms with Gasteiger partial charge in [0.05, 0.1) is 0 Å². The maximum absolute atomic E-state index is 2.43. The van der Waals surface area contributed by atoms with Crippen molar-refractivity contribution in [2.45, 2.75) is 25.2 Å². The first-order valence-corrected chi connectivity index (χ1v) is 10.5. The summed E-state index contributed by atoms with van der Waals surface area (Å²) in [5, 5.41) is 2.66. The lowest BCUT2D eigenvalue weighted by atomic mass is 9.68. The molecule has 0 spiro atoms. The quantitative estimate of drug-likeness (QED) is 0.329. The molecule has 0 fully saturated rings. The smallest absolute Gasteiger partial charge is 0.0210 e. The van der Waals surface area contributed by atoms with Crippen LogP contribution >= 0.6 is 22.6 Å². The second-order valence-electron chi connectivity index (χ2n) is 7.96. The minimum Gasteiger partial charge on any atom is -0.0732 e. The number of rotatable bonds is 1. The molecule has 132 valence electrons. The van der Waals surface area contributed by atoms with Crippen LogP contribution in [-0.2, 0) is 5.41 Å². The van der Waals surface area contributed by atoms with Gasteiger partial charge in [-0.25, -0.2) is 0 Å². The SMILES string of the molecule is CC1(C)C2=CC(C=CC=C2)c2ccc(-c3ccc(I)c4ccccc34)cc21. The number of allylic oxidation sites excluding steroid dienone is 6. The molecule has 0 radical (unpaired) electrons. The standard InChI is InChI=1S/C26H21I/c1-26(2)19-8-4-3-7-17(15-19)21-12-11-18(16-24(21)26)20-13-14-25(27)23-10-6-5-9-22(20)23/h3-17H,1-2H3. The molecule has 0 saturated heterocycles. The van der Waals surface area contributed by atoms with E-state index in [-0.39, 0.29) is 5.41 Å². The molecule has 0 saturated carbocycles. The summed E-state index contributed by atoms with van der Waals surface area (Å²) in [6.07, 6.45) is 11.3. The van der Waals surface area contributed by atoms with Gasteiger partial charge in [0, 0.05) is 14.9 Å². The van der Waals surface area contributed by atoms with Crippen LogP contribution in [0.4, 0.5) is 0 Å². The van der Waals surface area contributed by atoms with Gasteiger partial charge >= 0.3 is 0 Å². The molecule has 0 aromatic heterocycles. The summed E-state index contributed by atoms with van der Waals surface area (Å²) in [6.45, 7) is 4.69. The van der Waals surface area contributed by atoms with E-state index in [1.807, 2.05) is 0 Å². The molecular formula is C26H21I. The summed E-state index contributed by atoms with van der Waals surface area (Å²) in [7, 11) is 0. The zero-order valence-electron chi connectivity index (χ0n) is 15.5. The van der Waals surface area contributed by atoms with Crippen LogP contribution in [0.15, 0.2) is 90.6 Å². The Morgan fingerprint density at radius 1 is 0.889 bits per heavy atom. The topological polar surface area (TPSA) is 0 Å². The van der Waals surface area contributed by atoms with E-state index in [1.165, 1.54) is 42.2 Å². The van der Waals surface area contributed by atoms with E-state index in [9.17, 15) is 0 Å². The normalized spacial score (nSPS) is 19.5. The summed E-state index contributed by atoms with van der Waals surface area (Å²) in [5.41, 5.74) is 6.93. The molecule has 0 N–H and O–H groups in total. The van der Waals surface area contributed by atoms with Crippen LogP contribution in [0.2, 0.25) is 0 Å². The molecule has 1 unspecified atom stereocenters. The predicted octanol–water partition coefficient (Wildman–Crippen LogP) is 7.54. The van der Waals surface area contributed by atoms with E-state index >= 15 is 0 Å². The zero-order chi connectivity index (χ0) is 18.6. The summed E-state index contributed by atoms with van der Waals surface area (Å²) >= 11 is 2.43. The summed E-state index contributed by atoms with van der Waals surface area (Å²) < 4.78 is 1.30. The van der Waals surface area contributed by atoms with Crippen LogP contribution in [0.3, 0.4) is 0 Å². The minimum absolute atomic E-state index is 0.0172. The van der Waals surface area contributed by atoms with Crippen LogP contribution in [0.1, 0.15) is 30.9 Å². The van der Waals surface area contributed by atoms with Crippen molar-refractivity contribution < 1.29 is 0 Å². The van der Waals surface area contributed by atoms with Crippen molar-refractivity contribution in [2.24, 2.45) is 0 Å². The third-order valence-corrected chi connectivity index (χ3v) is 6.99. The Balaban J connectivity index is 1.74. The molecule has 3 aromatic rings. The highest BCUT2D eigenvalue weighted by molar-refractivity contribution is 14.1. The predicted molar refractivity (Wildman–Crippen MR) is 124 cm³/mol. The molecule has 2 aliphatic rings. The summed E-state index contributed by atoms with van der Waals surface area (Å²) in [4.78, 5) is 0. The van der Waals surface area contributed by atoms with E-state index in [4.69, 9.17) is 0 Å². The monoisotopic (exact) mass is 460 g/mol. The van der Waals surface area contributed by atoms with Gasteiger partial charge in [-0.2, -0.15) is 0 Å². The molecule has 0 aliphatic heterocycles. The van der Waals surface area contributed by atoms with Crippen molar-refractivity contribution in [2.75, 3.05) is 0 Å². The maximum Gasteiger partial charge on any atom is 0.0210 e. The second kappa shape index (κ2) is 6.20. The third-order valence-electron chi connectivity index (χ3n) is 6.05. The van der Waals surface area contributed by atoms with Gasteiger partial charge in [-0.3, -0.25) is 0 Å². The van der Waals surface area contributed by atoms with Crippen LogP contribution in [0.5, 0.6) is 0 Å². The van der Waals surface area contributed by atoms with Gasteiger partial charge in [0.25, 0.3) is 0 Å². The van der Waals surface area contributed by atoms with Gasteiger partial charge in [-0.15, -0.1) is 0 Å². The number of hydrogen-bond acceptors (Lipinski definition) is 0. The van der Waals surface area contributed by atoms with Crippen molar-refractivity contribution in [3.05, 3.63) is 105 Å². The van der Waals surface area contributed by atoms with Crippen LogP contribution in [-0.4, -0.2) is 0 Å². The molecular weight excluding hydrogens is 439 g/mol. The van der Waals surface area contributed by atoms with Gasteiger partial charge in [0.1, 0.15) is 0 Å². The molecule has 2 bridgehead atoms. The first kappa shape index (κ1) is 17.0. The maximum atomic E-state index is 2.43. The average molecular weight is 460 g/mol. The van der Waals surface area contributed by atoms with Crippen molar-refractivity contribution in [3.8, 4) is 11.1 Å². The number of hydrogen-bond donors (Lipinski definition) is 0. The summed E-state index contributed by atoms with van der Waals surface area (Å²) in [5.74, 6) is 0.376. The van der Waals surface area contributed by atoms with Gasteiger partial charge in [0.15, 0.2) is 0 Å². The van der Waals surface area contributed by atoms with Gasteiger partial charge in [-0.05, 0) is 73.3 Å². The number of halogens is 1. The number of fused-ring (bicyclic) bond motifs is 4. The fourth-order valence-electron chi connectivity index (χ4n) is 4.48. The molecule has 27 heavy (non-hydrogen) atoms. The van der Waals surface area contributed by atoms with E-state index in [0.717, 1.165) is 0 Å². The Labute approximate surface area is 174 Å². The molecule has 5 rings (SSSR count). The van der Waals surface area contributed by atoms with Crippen molar-refractivity contribution in [1.29, 1.82) is 0 Å². The van der Waals surface area contributed by atoms with Crippen molar-refractivity contribution in [1.82, 2.24) is 0 Å². The fraction of sp³-hybridized carbons (Fsp3) is 0.154. The number of benzene rings is 3. The van der Waals surface area contributed by atoms with Gasteiger partial charge < -0.3 is 0 Å². The Kier molecular flexibility index (Phi) is 3.90. The minimum atomic E-state index is 0.0172. The molecule has 0 nitrogen and oxygen atoms in total. The van der Waals surface area contributed by atoms with Gasteiger partial charge in [0.2, 0.25) is 0 Å². The Bertz CT molecular complexity index is 1160. The molecule has 0 amide bonds. The average Bonchev–Trinajstić information content (AvgIpc) is 2.92. The molecule has 2 aliphatic carbocycles. The van der Waals surface area contributed by atoms with Gasteiger partial charge in [-0.1, -0.05) is 86.7 Å². The second-order valence-corrected chi connectivity index (χ2v) is 9.12. The molecule has 3 aromatic carbocycles. The fourth-order valence-corrected chi connectivity index (χ4v) is 5.13. The van der Waals surface area contributed by atoms with E-state index in [0.29, 0.717) is 5.92 Å². The van der Waals surface area contributed by atoms with E-state index < -0.39 is 0 Å². The van der Waals surface area contributed by atoms with Crippen LogP contribution < -0.4 is 0 Å². The highest BCUT2D eigenvalue weighted by Gasteiger charge is 2.33. The largest absolute Gasteiger partial charge is 0.0732 e. The highest BCUT2D eigenvalue weighted by atomic mass is 127. The highest BCUT2D eigenvalue weighted by Crippen LogP contribution is 2.46. The van der Waals surface area contributed by atoms with Crippen LogP contribution in [0.25, 0.3) is 21.9 Å². The Morgan fingerprint density at radius 3 is 2.56 bits per heavy atom. The van der Waals surface area contributed by atoms with Crippen LogP contribution in [0, 0.1) is 3.57 Å². The lowest BCUT2D eigenvalue weighted by molar-refractivity contribution is 0.611. The van der Waals surface area contributed by atoms with Crippen molar-refractivity contribution in [3.63, 3.8) is 0 Å². The Hall–Kier alpha value is -2.13. The lowest BCUT2D eigenvalue weighted by Crippen LogP contribution is -2.26. The van der Waals surface area contributed by atoms with E-state index in [1.54, 1.807) is 0 Å².